The average molecular weight is 291 g/mol. The first-order valence-corrected chi connectivity index (χ1v) is 7.07. The summed E-state index contributed by atoms with van der Waals surface area (Å²) in [5.41, 5.74) is 6.81. The fourth-order valence-electron chi connectivity index (χ4n) is 1.69. The van der Waals surface area contributed by atoms with Gasteiger partial charge in [0, 0.05) is 10.9 Å². The molecule has 1 aromatic heterocycles. The van der Waals surface area contributed by atoms with Crippen molar-refractivity contribution in [1.82, 2.24) is 4.98 Å². The highest BCUT2D eigenvalue weighted by molar-refractivity contribution is 7.14. The molecule has 6 heteroatoms. The molecule has 0 saturated heterocycles. The molecule has 2 rings (SSSR count). The molecule has 0 unspecified atom stereocenters. The Bertz CT molecular complexity index is 617. The number of aromatic nitrogens is 1. The minimum Gasteiger partial charge on any atom is -0.386 e. The molecular weight excluding hydrogens is 274 g/mol. The largest absolute Gasteiger partial charge is 0.386 e. The Hall–Kier alpha value is -1.76. The summed E-state index contributed by atoms with van der Waals surface area (Å²) in [6, 6.07) is 7.55. The Morgan fingerprint density at radius 3 is 2.90 bits per heavy atom. The van der Waals surface area contributed by atoms with Crippen LogP contribution in [0.15, 0.2) is 29.6 Å². The molecule has 2 aromatic rings. The van der Waals surface area contributed by atoms with E-state index in [1.54, 1.807) is 13.8 Å². The number of rotatable bonds is 4. The number of carbonyl (C=O) groups is 1. The molecule has 0 saturated carbocycles. The number of nitrogens with zero attached hydrogens (tertiary/aromatic N) is 1. The number of nitrogens with one attached hydrogen (secondary N) is 1. The van der Waals surface area contributed by atoms with Crippen LogP contribution >= 0.6 is 11.3 Å². The monoisotopic (exact) mass is 291 g/mol. The van der Waals surface area contributed by atoms with Crippen LogP contribution in [0.1, 0.15) is 19.4 Å². The maximum Gasteiger partial charge on any atom is 0.239 e. The van der Waals surface area contributed by atoms with Gasteiger partial charge in [-0.2, -0.15) is 0 Å². The molecule has 5 nitrogen and oxygen atoms in total. The van der Waals surface area contributed by atoms with Gasteiger partial charge in [-0.25, -0.2) is 4.98 Å². The van der Waals surface area contributed by atoms with Crippen LogP contribution in [0.5, 0.6) is 0 Å². The first kappa shape index (κ1) is 14.6. The number of carbonyl (C=O) groups excluding carboxylic acids is 1. The molecule has 0 aliphatic carbocycles. The van der Waals surface area contributed by atoms with E-state index in [1.165, 1.54) is 11.3 Å². The Labute approximate surface area is 121 Å². The minimum atomic E-state index is -0.900. The fourth-order valence-corrected chi connectivity index (χ4v) is 2.43. The van der Waals surface area contributed by atoms with Crippen molar-refractivity contribution in [3.8, 4) is 11.3 Å². The Balaban J connectivity index is 2.26. The maximum atomic E-state index is 11.2. The van der Waals surface area contributed by atoms with E-state index in [0.717, 1.165) is 16.8 Å². The van der Waals surface area contributed by atoms with E-state index in [1.807, 2.05) is 29.6 Å². The summed E-state index contributed by atoms with van der Waals surface area (Å²) in [6.07, 6.45) is 0. The van der Waals surface area contributed by atoms with Gasteiger partial charge in [0.25, 0.3) is 0 Å². The molecule has 106 valence electrons. The van der Waals surface area contributed by atoms with E-state index in [0.29, 0.717) is 5.13 Å². The number of benzene rings is 1. The van der Waals surface area contributed by atoms with Crippen LogP contribution in [-0.4, -0.2) is 22.5 Å². The van der Waals surface area contributed by atoms with Gasteiger partial charge in [-0.05, 0) is 25.5 Å². The van der Waals surface area contributed by atoms with Gasteiger partial charge in [0.15, 0.2) is 5.13 Å². The highest BCUT2D eigenvalue weighted by Gasteiger charge is 2.16. The van der Waals surface area contributed by atoms with E-state index in [2.05, 4.69) is 10.3 Å². The van der Waals surface area contributed by atoms with Crippen LogP contribution in [-0.2, 0) is 10.4 Å². The molecule has 1 amide bonds. The van der Waals surface area contributed by atoms with E-state index < -0.39 is 5.60 Å². The summed E-state index contributed by atoms with van der Waals surface area (Å²) in [4.78, 5) is 15.6. The molecule has 0 aliphatic heterocycles. The lowest BCUT2D eigenvalue weighted by Gasteiger charge is -2.18. The fraction of sp³-hybridized carbons (Fsp3) is 0.286. The molecule has 4 N–H and O–H groups in total. The zero-order valence-corrected chi connectivity index (χ0v) is 12.2. The second-order valence-corrected chi connectivity index (χ2v) is 5.79. The number of aliphatic hydroxyl groups is 1. The molecular formula is C14H17N3O2S. The number of hydrogen-bond acceptors (Lipinski definition) is 5. The van der Waals surface area contributed by atoms with Gasteiger partial charge >= 0.3 is 0 Å². The van der Waals surface area contributed by atoms with Gasteiger partial charge in [0.1, 0.15) is 0 Å². The molecule has 0 atom stereocenters. The van der Waals surface area contributed by atoms with Crippen LogP contribution in [0, 0.1) is 0 Å². The highest BCUT2D eigenvalue weighted by atomic mass is 32.1. The standard InChI is InChI=1S/C14H17N3O2S/c1-14(2,19)10-5-3-4-9(6-10)11-8-20-13(16-11)17-12(18)7-15/h3-6,8,19H,7,15H2,1-2H3,(H,16,17,18). The van der Waals surface area contributed by atoms with Crippen LogP contribution < -0.4 is 11.1 Å². The molecule has 0 fully saturated rings. The average Bonchev–Trinajstić information content (AvgIpc) is 2.86. The van der Waals surface area contributed by atoms with Crippen molar-refractivity contribution in [2.24, 2.45) is 5.73 Å². The second kappa shape index (κ2) is 5.70. The smallest absolute Gasteiger partial charge is 0.239 e. The van der Waals surface area contributed by atoms with Crippen LogP contribution in [0.3, 0.4) is 0 Å². The third kappa shape index (κ3) is 3.41. The minimum absolute atomic E-state index is 0.0664. The van der Waals surface area contributed by atoms with Crippen molar-refractivity contribution in [2.45, 2.75) is 19.4 Å². The number of amides is 1. The van der Waals surface area contributed by atoms with Crippen molar-refractivity contribution in [1.29, 1.82) is 0 Å². The van der Waals surface area contributed by atoms with Crippen LogP contribution in [0.2, 0.25) is 0 Å². The van der Waals surface area contributed by atoms with Gasteiger partial charge in [-0.3, -0.25) is 4.79 Å². The quantitative estimate of drug-likeness (QED) is 0.803. The SMILES string of the molecule is CC(C)(O)c1cccc(-c2csc(NC(=O)CN)n2)c1. The van der Waals surface area contributed by atoms with Gasteiger partial charge in [0.2, 0.25) is 5.91 Å². The van der Waals surface area contributed by atoms with Gasteiger partial charge < -0.3 is 16.2 Å². The predicted octanol–water partition coefficient (Wildman–Crippen LogP) is 1.93. The summed E-state index contributed by atoms with van der Waals surface area (Å²) in [5, 5.41) is 15.0. The van der Waals surface area contributed by atoms with Crippen molar-refractivity contribution in [2.75, 3.05) is 11.9 Å². The van der Waals surface area contributed by atoms with Gasteiger partial charge in [-0.15, -0.1) is 11.3 Å². The van der Waals surface area contributed by atoms with E-state index in [9.17, 15) is 9.90 Å². The number of anilines is 1. The first-order chi connectivity index (χ1) is 9.40. The summed E-state index contributed by atoms with van der Waals surface area (Å²) in [6.45, 7) is 3.41. The van der Waals surface area contributed by atoms with E-state index in [4.69, 9.17) is 5.73 Å². The molecule has 0 aliphatic rings. The zero-order valence-electron chi connectivity index (χ0n) is 11.4. The van der Waals surface area contributed by atoms with Crippen molar-refractivity contribution in [3.63, 3.8) is 0 Å². The van der Waals surface area contributed by atoms with Crippen LogP contribution in [0.4, 0.5) is 5.13 Å². The molecule has 1 aromatic carbocycles. The zero-order chi connectivity index (χ0) is 14.8. The highest BCUT2D eigenvalue weighted by Crippen LogP contribution is 2.28. The third-order valence-corrected chi connectivity index (χ3v) is 3.56. The molecule has 0 bridgehead atoms. The van der Waals surface area contributed by atoms with Crippen molar-refractivity contribution < 1.29 is 9.90 Å². The van der Waals surface area contributed by atoms with Gasteiger partial charge in [0.05, 0.1) is 17.8 Å². The number of thiazole rings is 1. The summed E-state index contributed by atoms with van der Waals surface area (Å²) in [5.74, 6) is -0.267. The maximum absolute atomic E-state index is 11.2. The normalized spacial score (nSPS) is 11.4. The first-order valence-electron chi connectivity index (χ1n) is 6.19. The van der Waals surface area contributed by atoms with Crippen molar-refractivity contribution in [3.05, 3.63) is 35.2 Å². The van der Waals surface area contributed by atoms with E-state index in [-0.39, 0.29) is 12.5 Å². The molecule has 20 heavy (non-hydrogen) atoms. The van der Waals surface area contributed by atoms with Gasteiger partial charge in [-0.1, -0.05) is 18.2 Å². The Morgan fingerprint density at radius 2 is 2.25 bits per heavy atom. The summed E-state index contributed by atoms with van der Waals surface area (Å²) < 4.78 is 0. The Kier molecular flexibility index (Phi) is 4.17. The predicted molar refractivity (Wildman–Crippen MR) is 80.5 cm³/mol. The lowest BCUT2D eigenvalue weighted by Crippen LogP contribution is -2.21. The lowest BCUT2D eigenvalue weighted by atomic mass is 9.96. The van der Waals surface area contributed by atoms with Crippen LogP contribution in [0.25, 0.3) is 11.3 Å². The molecule has 0 spiro atoms. The molecule has 0 radical (unpaired) electrons. The van der Waals surface area contributed by atoms with Crippen molar-refractivity contribution >= 4 is 22.4 Å². The number of nitrogens with two attached hydrogens (primary N) is 1. The topological polar surface area (TPSA) is 88.2 Å². The second-order valence-electron chi connectivity index (χ2n) is 4.93. The van der Waals surface area contributed by atoms with E-state index >= 15 is 0 Å². The number of hydrogen-bond donors (Lipinski definition) is 3. The third-order valence-electron chi connectivity index (χ3n) is 2.80. The molecule has 1 heterocycles. The summed E-state index contributed by atoms with van der Waals surface area (Å²) >= 11 is 1.34. The summed E-state index contributed by atoms with van der Waals surface area (Å²) in [7, 11) is 0. The lowest BCUT2D eigenvalue weighted by molar-refractivity contribution is -0.114. The Morgan fingerprint density at radius 1 is 1.50 bits per heavy atom.